The van der Waals surface area contributed by atoms with E-state index in [1.54, 1.807) is 25.3 Å². The second kappa shape index (κ2) is 9.70. The second-order valence-corrected chi connectivity index (χ2v) is 10.8. The van der Waals surface area contributed by atoms with Crippen molar-refractivity contribution in [1.82, 2.24) is 4.98 Å². The van der Waals surface area contributed by atoms with Gasteiger partial charge in [-0.3, -0.25) is 4.98 Å². The molecular weight excluding hydrogens is 484 g/mol. The van der Waals surface area contributed by atoms with E-state index >= 15 is 0 Å². The predicted octanol–water partition coefficient (Wildman–Crippen LogP) is 6.02. The van der Waals surface area contributed by atoms with E-state index in [9.17, 15) is 13.9 Å². The number of nitrogens with two attached hydrogens (primary N) is 2. The van der Waals surface area contributed by atoms with Crippen molar-refractivity contribution in [3.05, 3.63) is 81.9 Å². The fourth-order valence-corrected chi connectivity index (χ4v) is 5.42. The van der Waals surface area contributed by atoms with Crippen molar-refractivity contribution in [3.8, 4) is 17.0 Å². The number of hydrogen-bond donors (Lipinski definition) is 3. The maximum Gasteiger partial charge on any atom is 0.150 e. The molecule has 0 bridgehead atoms. The van der Waals surface area contributed by atoms with Crippen molar-refractivity contribution in [1.29, 1.82) is 0 Å². The largest absolute Gasteiger partial charge is 0.495 e. The number of nitrogens with zero attached hydrogens (tertiary/aromatic N) is 1. The number of allylic oxidation sites excluding steroid dienone is 1. The molecule has 5 N–H and O–H groups in total. The molecule has 5 rings (SSSR count). The van der Waals surface area contributed by atoms with Crippen LogP contribution in [0.4, 0.5) is 14.5 Å². The maximum absolute atomic E-state index is 14.5. The van der Waals surface area contributed by atoms with Gasteiger partial charge in [-0.2, -0.15) is 0 Å². The average Bonchev–Trinajstić information content (AvgIpc) is 3.81. The molecule has 2 unspecified atom stereocenters. The first-order valence-electron chi connectivity index (χ1n) is 13.2. The van der Waals surface area contributed by atoms with Crippen LogP contribution in [0, 0.1) is 5.82 Å². The molecule has 0 aliphatic heterocycles. The van der Waals surface area contributed by atoms with E-state index in [1.165, 1.54) is 23.3 Å². The lowest BCUT2D eigenvalue weighted by molar-refractivity contribution is 0.274. The monoisotopic (exact) mass is 519 g/mol. The molecule has 1 saturated carbocycles. The van der Waals surface area contributed by atoms with Gasteiger partial charge in [-0.25, -0.2) is 8.78 Å². The van der Waals surface area contributed by atoms with Crippen molar-refractivity contribution in [2.45, 2.75) is 63.0 Å². The molecule has 0 radical (unpaired) electrons. The molecular formula is C31H35F2N3O2. The minimum absolute atomic E-state index is 0.00343. The Bertz CT molecular complexity index is 1400. The van der Waals surface area contributed by atoms with Crippen LogP contribution < -0.4 is 16.2 Å². The third-order valence-electron chi connectivity index (χ3n) is 8.30. The topological polar surface area (TPSA) is 94.4 Å². The standard InChI is InChI=1S/C31H35F2N3O2/c1-4-30(2)23-17-24(36-29(27(23)30)19-5-7-22(32)8-6-19)20(9-12-37)13-18-14-21(28(35)25(15-18)38-3)16-26(34)31(33)10-11-31/h5-8,14-17,20,37H,4,9-13,34-35H2,1-3H3/b26-16-. The SMILES string of the molecule is CCC1(C)c2cc(C(CCO)Cc3cc(/C=C(\N)C4(F)CC4)c(N)c(OC)c3)nc(-c3ccc(F)cc3)c21. The first kappa shape index (κ1) is 26.2. The summed E-state index contributed by atoms with van der Waals surface area (Å²) in [7, 11) is 1.55. The van der Waals surface area contributed by atoms with Gasteiger partial charge < -0.3 is 21.3 Å². The lowest BCUT2D eigenvalue weighted by atomic mass is 9.91. The number of pyridine rings is 1. The zero-order chi connectivity index (χ0) is 27.2. The number of aromatic nitrogens is 1. The summed E-state index contributed by atoms with van der Waals surface area (Å²) < 4.78 is 33.7. The third-order valence-corrected chi connectivity index (χ3v) is 8.30. The fraction of sp³-hybridized carbons (Fsp3) is 0.387. The highest BCUT2D eigenvalue weighted by Gasteiger charge is 2.48. The summed E-state index contributed by atoms with van der Waals surface area (Å²) in [5, 5.41) is 9.96. The first-order chi connectivity index (χ1) is 18.1. The summed E-state index contributed by atoms with van der Waals surface area (Å²) in [6.45, 7) is 4.36. The Kier molecular flexibility index (Phi) is 6.68. The van der Waals surface area contributed by atoms with E-state index in [4.69, 9.17) is 21.2 Å². The number of alkyl halides is 1. The van der Waals surface area contributed by atoms with E-state index in [-0.39, 0.29) is 29.5 Å². The smallest absolute Gasteiger partial charge is 0.150 e. The Morgan fingerprint density at radius 3 is 2.53 bits per heavy atom. The van der Waals surface area contributed by atoms with Gasteiger partial charge in [-0.1, -0.05) is 13.8 Å². The predicted molar refractivity (Wildman–Crippen MR) is 147 cm³/mol. The van der Waals surface area contributed by atoms with Crippen LogP contribution in [0.2, 0.25) is 0 Å². The molecule has 0 amide bonds. The fourth-order valence-electron chi connectivity index (χ4n) is 5.42. The van der Waals surface area contributed by atoms with E-state index in [2.05, 4.69) is 19.9 Å². The van der Waals surface area contributed by atoms with E-state index in [0.717, 1.165) is 28.9 Å². The highest BCUT2D eigenvalue weighted by molar-refractivity contribution is 5.77. The number of benzene rings is 2. The zero-order valence-electron chi connectivity index (χ0n) is 22.2. The van der Waals surface area contributed by atoms with Crippen LogP contribution in [-0.2, 0) is 11.8 Å². The Hall–Kier alpha value is -3.45. The van der Waals surface area contributed by atoms with Crippen LogP contribution in [0.1, 0.15) is 73.4 Å². The van der Waals surface area contributed by atoms with Crippen molar-refractivity contribution < 1.29 is 18.6 Å². The van der Waals surface area contributed by atoms with Crippen LogP contribution in [0.5, 0.6) is 5.75 Å². The Morgan fingerprint density at radius 2 is 1.92 bits per heavy atom. The number of halogens is 2. The summed E-state index contributed by atoms with van der Waals surface area (Å²) >= 11 is 0. The number of ether oxygens (including phenoxy) is 1. The number of fused-ring (bicyclic) bond motifs is 1. The lowest BCUT2D eigenvalue weighted by Gasteiger charge is -2.19. The summed E-state index contributed by atoms with van der Waals surface area (Å²) in [5.41, 5.74) is 18.0. The van der Waals surface area contributed by atoms with E-state index in [0.29, 0.717) is 42.7 Å². The lowest BCUT2D eigenvalue weighted by Crippen LogP contribution is -2.13. The minimum Gasteiger partial charge on any atom is -0.495 e. The number of rotatable bonds is 10. The molecule has 2 aromatic carbocycles. The molecule has 1 fully saturated rings. The molecule has 1 aromatic heterocycles. The number of anilines is 1. The van der Waals surface area contributed by atoms with Gasteiger partial charge in [0.1, 0.15) is 17.2 Å². The Labute approximate surface area is 222 Å². The quantitative estimate of drug-likeness (QED) is 0.285. The van der Waals surface area contributed by atoms with Crippen molar-refractivity contribution in [3.63, 3.8) is 0 Å². The first-order valence-corrected chi connectivity index (χ1v) is 13.2. The van der Waals surface area contributed by atoms with Crippen LogP contribution >= 0.6 is 0 Å². The zero-order valence-corrected chi connectivity index (χ0v) is 22.2. The number of hydrogen-bond acceptors (Lipinski definition) is 5. The van der Waals surface area contributed by atoms with Gasteiger partial charge in [0.15, 0.2) is 0 Å². The number of methoxy groups -OCH3 is 1. The molecule has 2 atom stereocenters. The molecule has 0 saturated heterocycles. The van der Waals surface area contributed by atoms with E-state index < -0.39 is 5.67 Å². The highest BCUT2D eigenvalue weighted by Crippen LogP contribution is 2.56. The molecule has 1 heterocycles. The van der Waals surface area contributed by atoms with Gasteiger partial charge >= 0.3 is 0 Å². The van der Waals surface area contributed by atoms with Crippen molar-refractivity contribution in [2.24, 2.45) is 5.73 Å². The molecule has 3 aromatic rings. The number of aliphatic hydroxyl groups is 1. The molecule has 0 spiro atoms. The van der Waals surface area contributed by atoms with Gasteiger partial charge in [0, 0.05) is 40.5 Å². The number of aliphatic hydroxyl groups excluding tert-OH is 1. The number of nitrogen functional groups attached to an aromatic ring is 1. The van der Waals surface area contributed by atoms with Crippen LogP contribution in [0.25, 0.3) is 17.3 Å². The van der Waals surface area contributed by atoms with Crippen LogP contribution in [0.15, 0.2) is 48.2 Å². The van der Waals surface area contributed by atoms with Crippen molar-refractivity contribution >= 4 is 11.8 Å². The summed E-state index contributed by atoms with van der Waals surface area (Å²) in [6.07, 6.45) is 4.45. The molecule has 5 nitrogen and oxygen atoms in total. The van der Waals surface area contributed by atoms with Gasteiger partial charge in [-0.05, 0) is 97.3 Å². The van der Waals surface area contributed by atoms with Gasteiger partial charge in [0.2, 0.25) is 0 Å². The molecule has 38 heavy (non-hydrogen) atoms. The Morgan fingerprint density at radius 1 is 1.21 bits per heavy atom. The van der Waals surface area contributed by atoms with Gasteiger partial charge in [0.05, 0.1) is 18.5 Å². The van der Waals surface area contributed by atoms with Gasteiger partial charge in [-0.15, -0.1) is 0 Å². The van der Waals surface area contributed by atoms with Crippen molar-refractivity contribution in [2.75, 3.05) is 19.5 Å². The van der Waals surface area contributed by atoms with Crippen LogP contribution in [0.3, 0.4) is 0 Å². The average molecular weight is 520 g/mol. The highest BCUT2D eigenvalue weighted by atomic mass is 19.1. The maximum atomic E-state index is 14.5. The van der Waals surface area contributed by atoms with Gasteiger partial charge in [0.25, 0.3) is 0 Å². The summed E-state index contributed by atoms with van der Waals surface area (Å²) in [6, 6.07) is 12.4. The molecule has 200 valence electrons. The summed E-state index contributed by atoms with van der Waals surface area (Å²) in [4.78, 5) is 5.08. The second-order valence-electron chi connectivity index (χ2n) is 10.8. The third kappa shape index (κ3) is 4.64. The molecule has 2 aliphatic carbocycles. The minimum atomic E-state index is -1.45. The molecule has 7 heteroatoms. The normalized spacial score (nSPS) is 20.1. The van der Waals surface area contributed by atoms with E-state index in [1.807, 2.05) is 12.1 Å². The van der Waals surface area contributed by atoms with Crippen LogP contribution in [-0.4, -0.2) is 29.5 Å². The molecule has 2 aliphatic rings. The Balaban J connectivity index is 1.54. The summed E-state index contributed by atoms with van der Waals surface area (Å²) in [5.74, 6) is 0.113.